The molecule has 0 saturated carbocycles. The summed E-state index contributed by atoms with van der Waals surface area (Å²) in [4.78, 5) is 6.93. The summed E-state index contributed by atoms with van der Waals surface area (Å²) >= 11 is 0. The number of halogens is 1. The van der Waals surface area contributed by atoms with Crippen LogP contribution in [0.25, 0.3) is 16.7 Å². The average Bonchev–Trinajstić information content (AvgIpc) is 3.21. The molecule has 0 aliphatic carbocycles. The molecule has 1 aliphatic rings. The van der Waals surface area contributed by atoms with Crippen molar-refractivity contribution in [1.29, 1.82) is 0 Å². The summed E-state index contributed by atoms with van der Waals surface area (Å²) in [6.45, 7) is 10.6. The number of hydrogen-bond acceptors (Lipinski definition) is 5. The number of nitrogens with zero attached hydrogens (tertiary/aromatic N) is 4. The zero-order valence-electron chi connectivity index (χ0n) is 19.3. The Kier molecular flexibility index (Phi) is 6.60. The number of nitrogens with two attached hydrogens (primary N) is 1. The highest BCUT2D eigenvalue weighted by Crippen LogP contribution is 2.33. The topological polar surface area (TPSA) is 72.0 Å². The van der Waals surface area contributed by atoms with E-state index in [1.165, 1.54) is 18.9 Å². The van der Waals surface area contributed by atoms with Gasteiger partial charge >= 0.3 is 0 Å². The maximum Gasteiger partial charge on any atom is 0.133 e. The predicted octanol–water partition coefficient (Wildman–Crippen LogP) is 4.73. The summed E-state index contributed by atoms with van der Waals surface area (Å²) in [6, 6.07) is 6.99. The fraction of sp³-hybridized carbons (Fsp3) is 0.308. The zero-order chi connectivity index (χ0) is 23.5. The van der Waals surface area contributed by atoms with Crippen molar-refractivity contribution in [2.45, 2.75) is 19.3 Å². The number of aromatic nitrogens is 3. The molecule has 6 nitrogen and oxygen atoms in total. The van der Waals surface area contributed by atoms with E-state index in [2.05, 4.69) is 46.6 Å². The quantitative estimate of drug-likeness (QED) is 0.406. The largest absolute Gasteiger partial charge is 0.398 e. The van der Waals surface area contributed by atoms with Crippen molar-refractivity contribution in [3.05, 3.63) is 78.8 Å². The van der Waals surface area contributed by atoms with Crippen LogP contribution in [0.4, 0.5) is 15.8 Å². The zero-order valence-corrected chi connectivity index (χ0v) is 19.3. The lowest BCUT2D eigenvalue weighted by Crippen LogP contribution is -2.31. The van der Waals surface area contributed by atoms with Gasteiger partial charge in [-0.05, 0) is 75.2 Å². The van der Waals surface area contributed by atoms with Gasteiger partial charge in [-0.25, -0.2) is 4.39 Å². The molecule has 0 radical (unpaired) electrons. The molecule has 1 fully saturated rings. The lowest BCUT2D eigenvalue weighted by Gasteiger charge is -2.28. The first-order valence-corrected chi connectivity index (χ1v) is 11.2. The number of rotatable bonds is 7. The summed E-state index contributed by atoms with van der Waals surface area (Å²) in [5.41, 5.74) is 11.3. The van der Waals surface area contributed by atoms with Gasteiger partial charge in [0.05, 0.1) is 6.20 Å². The highest BCUT2D eigenvalue weighted by atomic mass is 19.1. The summed E-state index contributed by atoms with van der Waals surface area (Å²) in [5.74, 6) is 0.260. The summed E-state index contributed by atoms with van der Waals surface area (Å²) in [7, 11) is 3.96. The lowest BCUT2D eigenvalue weighted by atomic mass is 9.92. The van der Waals surface area contributed by atoms with E-state index in [0.29, 0.717) is 39.6 Å². The normalized spacial score (nSPS) is 14.9. The number of nitrogens with one attached hydrogen (secondary N) is 1. The lowest BCUT2D eigenvalue weighted by molar-refractivity contribution is 0.218. The van der Waals surface area contributed by atoms with Crippen molar-refractivity contribution in [2.75, 3.05) is 31.2 Å². The van der Waals surface area contributed by atoms with Crippen LogP contribution in [0.3, 0.4) is 0 Å². The van der Waals surface area contributed by atoms with Crippen molar-refractivity contribution >= 4 is 16.9 Å². The third kappa shape index (κ3) is 5.31. The highest BCUT2D eigenvalue weighted by molar-refractivity contribution is 5.88. The number of hydrogen-bond donors (Lipinski definition) is 2. The first-order chi connectivity index (χ1) is 15.8. The Hall–Kier alpha value is -3.45. The van der Waals surface area contributed by atoms with Crippen LogP contribution in [-0.4, -0.2) is 39.8 Å². The maximum absolute atomic E-state index is 14.6. The second-order valence-corrected chi connectivity index (χ2v) is 8.89. The molecule has 1 saturated heterocycles. The van der Waals surface area contributed by atoms with E-state index in [4.69, 9.17) is 5.73 Å². The number of aryl methyl sites for hydroxylation is 1. The minimum absolute atomic E-state index is 0.311. The van der Waals surface area contributed by atoms with E-state index in [9.17, 15) is 4.39 Å². The molecule has 3 heterocycles. The van der Waals surface area contributed by atoms with E-state index in [0.717, 1.165) is 30.9 Å². The second kappa shape index (κ2) is 9.58. The number of allylic oxidation sites excluding steroid dienone is 1. The van der Waals surface area contributed by atoms with E-state index in [1.807, 2.05) is 12.3 Å². The monoisotopic (exact) mass is 446 g/mol. The van der Waals surface area contributed by atoms with Crippen LogP contribution in [0.15, 0.2) is 61.7 Å². The number of likely N-dealkylation sites (tertiary alicyclic amines) is 1. The third-order valence-electron chi connectivity index (χ3n) is 6.29. The molecule has 1 aromatic carbocycles. The molecule has 0 bridgehead atoms. The van der Waals surface area contributed by atoms with E-state index >= 15 is 0 Å². The minimum atomic E-state index is -0.400. The number of nitrogen functional groups attached to an aromatic ring is 1. The van der Waals surface area contributed by atoms with Gasteiger partial charge in [-0.2, -0.15) is 5.10 Å². The molecule has 0 amide bonds. The molecule has 3 N–H and O–H groups in total. The fourth-order valence-electron chi connectivity index (χ4n) is 4.27. The van der Waals surface area contributed by atoms with Gasteiger partial charge in [0.15, 0.2) is 0 Å². The van der Waals surface area contributed by atoms with Gasteiger partial charge in [-0.3, -0.25) is 9.67 Å². The van der Waals surface area contributed by atoms with Gasteiger partial charge in [0.25, 0.3) is 0 Å². The molecule has 0 unspecified atom stereocenters. The molecular weight excluding hydrogens is 415 g/mol. The van der Waals surface area contributed by atoms with Crippen molar-refractivity contribution in [3.8, 4) is 11.1 Å². The molecule has 2 aromatic heterocycles. The van der Waals surface area contributed by atoms with Crippen LogP contribution in [0.1, 0.15) is 24.1 Å². The minimum Gasteiger partial charge on any atom is -0.398 e. The number of piperidine rings is 1. The van der Waals surface area contributed by atoms with E-state index in [1.54, 1.807) is 30.2 Å². The van der Waals surface area contributed by atoms with Crippen molar-refractivity contribution in [3.63, 3.8) is 0 Å². The Morgan fingerprint density at radius 3 is 2.67 bits per heavy atom. The number of pyridine rings is 1. The predicted molar refractivity (Wildman–Crippen MR) is 133 cm³/mol. The smallest absolute Gasteiger partial charge is 0.133 e. The summed E-state index contributed by atoms with van der Waals surface area (Å²) in [5, 5.41) is 7.46. The molecule has 0 atom stereocenters. The molecule has 172 valence electrons. The summed E-state index contributed by atoms with van der Waals surface area (Å²) in [6.07, 6.45) is 8.56. The van der Waals surface area contributed by atoms with Gasteiger partial charge in [0.1, 0.15) is 5.82 Å². The first-order valence-electron chi connectivity index (χ1n) is 11.2. The van der Waals surface area contributed by atoms with Gasteiger partial charge in [0, 0.05) is 58.9 Å². The van der Waals surface area contributed by atoms with E-state index < -0.39 is 5.82 Å². The number of anilines is 2. The van der Waals surface area contributed by atoms with Crippen LogP contribution in [-0.2, 0) is 13.5 Å². The molecule has 7 heteroatoms. The molecule has 1 aliphatic heterocycles. The van der Waals surface area contributed by atoms with Crippen LogP contribution < -0.4 is 11.1 Å². The first kappa shape index (κ1) is 22.7. The van der Waals surface area contributed by atoms with Crippen LogP contribution >= 0.6 is 0 Å². The SMILES string of the molecule is C=C(Nc1ccnc(CC2CCN(C)CC2)c1)C(=C)c1cc(-c2cnn(C)c2)c(F)cc1N. The van der Waals surface area contributed by atoms with Gasteiger partial charge < -0.3 is 16.0 Å². The van der Waals surface area contributed by atoms with Crippen molar-refractivity contribution < 1.29 is 4.39 Å². The van der Waals surface area contributed by atoms with Crippen LogP contribution in [0.5, 0.6) is 0 Å². The standard InChI is InChI=1S/C26H31FN6/c1-17(23-13-24(25(27)14-26(23)28)20-15-30-33(4)16-20)18(2)31-21-5-8-29-22(12-21)11-19-6-9-32(3)10-7-19/h5,8,12-16,19H,1-2,6-7,9-11,28H2,3-4H3,(H,29,31). The van der Waals surface area contributed by atoms with Gasteiger partial charge in [-0.1, -0.05) is 13.2 Å². The molecule has 33 heavy (non-hydrogen) atoms. The molecule has 0 spiro atoms. The Bertz CT molecular complexity index is 1170. The maximum atomic E-state index is 14.6. The third-order valence-corrected chi connectivity index (χ3v) is 6.29. The summed E-state index contributed by atoms with van der Waals surface area (Å²) < 4.78 is 16.2. The van der Waals surface area contributed by atoms with Gasteiger partial charge in [0.2, 0.25) is 0 Å². The Morgan fingerprint density at radius 2 is 1.97 bits per heavy atom. The Morgan fingerprint density at radius 1 is 1.21 bits per heavy atom. The Balaban J connectivity index is 1.48. The van der Waals surface area contributed by atoms with Gasteiger partial charge in [-0.15, -0.1) is 0 Å². The molecule has 4 rings (SSSR count). The molecule has 3 aromatic rings. The Labute approximate surface area is 194 Å². The highest BCUT2D eigenvalue weighted by Gasteiger charge is 2.18. The van der Waals surface area contributed by atoms with E-state index in [-0.39, 0.29) is 0 Å². The second-order valence-electron chi connectivity index (χ2n) is 8.89. The number of benzene rings is 1. The molecular formula is C26H31FN6. The fourth-order valence-corrected chi connectivity index (χ4v) is 4.27. The average molecular weight is 447 g/mol. The van der Waals surface area contributed by atoms with Crippen LogP contribution in [0.2, 0.25) is 0 Å². The van der Waals surface area contributed by atoms with Crippen molar-refractivity contribution in [2.24, 2.45) is 13.0 Å². The van der Waals surface area contributed by atoms with Crippen molar-refractivity contribution in [1.82, 2.24) is 19.7 Å². The van der Waals surface area contributed by atoms with Crippen LogP contribution in [0, 0.1) is 11.7 Å².